The van der Waals surface area contributed by atoms with Crippen LogP contribution in [0.3, 0.4) is 0 Å². The van der Waals surface area contributed by atoms with Gasteiger partial charge < -0.3 is 4.74 Å². The third-order valence-corrected chi connectivity index (χ3v) is 4.84. The minimum absolute atomic E-state index is 0.434. The van der Waals surface area contributed by atoms with Gasteiger partial charge in [-0.2, -0.15) is 0 Å². The van der Waals surface area contributed by atoms with E-state index in [0.717, 1.165) is 18.4 Å². The van der Waals surface area contributed by atoms with Crippen molar-refractivity contribution in [1.82, 2.24) is 4.98 Å². The summed E-state index contributed by atoms with van der Waals surface area (Å²) in [6.07, 6.45) is 5.78. The van der Waals surface area contributed by atoms with E-state index in [0.29, 0.717) is 11.3 Å². The molecule has 0 radical (unpaired) electrons. The molecule has 0 spiro atoms. The van der Waals surface area contributed by atoms with Crippen LogP contribution in [0.15, 0.2) is 18.3 Å². The van der Waals surface area contributed by atoms with E-state index in [2.05, 4.69) is 32.7 Å². The summed E-state index contributed by atoms with van der Waals surface area (Å²) in [6.45, 7) is 9.97. The lowest BCUT2D eigenvalue weighted by molar-refractivity contribution is 0.0963. The Hall–Kier alpha value is -1.05. The van der Waals surface area contributed by atoms with E-state index in [1.54, 1.807) is 0 Å². The lowest BCUT2D eigenvalue weighted by atomic mass is 9.71. The van der Waals surface area contributed by atoms with Gasteiger partial charge >= 0.3 is 0 Å². The van der Waals surface area contributed by atoms with E-state index < -0.39 is 0 Å². The second kappa shape index (κ2) is 5.29. The second-order valence-corrected chi connectivity index (χ2v) is 6.23. The van der Waals surface area contributed by atoms with Gasteiger partial charge in [-0.05, 0) is 48.6 Å². The molecule has 0 bridgehead atoms. The van der Waals surface area contributed by atoms with Gasteiger partial charge in [0, 0.05) is 12.3 Å². The molecular formula is C16H25NO. The van der Waals surface area contributed by atoms with Gasteiger partial charge in [-0.1, -0.05) is 27.2 Å². The van der Waals surface area contributed by atoms with Gasteiger partial charge in [0.15, 0.2) is 0 Å². The Labute approximate surface area is 111 Å². The van der Waals surface area contributed by atoms with Gasteiger partial charge in [0.05, 0.1) is 6.61 Å². The highest BCUT2D eigenvalue weighted by Crippen LogP contribution is 2.48. The quantitative estimate of drug-likeness (QED) is 0.794. The van der Waals surface area contributed by atoms with Crippen molar-refractivity contribution >= 4 is 0 Å². The fourth-order valence-electron chi connectivity index (χ4n) is 3.07. The van der Waals surface area contributed by atoms with Crippen molar-refractivity contribution in [3.8, 4) is 5.88 Å². The number of nitrogens with zero attached hydrogens (tertiary/aromatic N) is 1. The van der Waals surface area contributed by atoms with Crippen LogP contribution >= 0.6 is 0 Å². The molecule has 100 valence electrons. The molecule has 2 heteroatoms. The fraction of sp³-hybridized carbons (Fsp3) is 0.688. The van der Waals surface area contributed by atoms with E-state index in [1.165, 1.54) is 24.8 Å². The molecule has 1 aromatic rings. The van der Waals surface area contributed by atoms with Gasteiger partial charge in [0.25, 0.3) is 0 Å². The first-order valence-corrected chi connectivity index (χ1v) is 7.08. The number of rotatable bonds is 4. The standard InChI is InChI=1S/C16H25NO/c1-12(2)16(4)8-5-6-14(16)11-18-15-10-13(3)7-9-17-15/h7,9-10,12,14H,5-6,8,11H2,1-4H3. The summed E-state index contributed by atoms with van der Waals surface area (Å²) in [4.78, 5) is 4.27. The average molecular weight is 247 g/mol. The molecule has 1 aliphatic rings. The zero-order chi connectivity index (χ0) is 13.2. The van der Waals surface area contributed by atoms with Crippen molar-refractivity contribution in [3.63, 3.8) is 0 Å². The lowest BCUT2D eigenvalue weighted by Gasteiger charge is -2.35. The molecule has 0 aliphatic heterocycles. The normalized spacial score (nSPS) is 27.7. The smallest absolute Gasteiger partial charge is 0.213 e. The molecule has 2 unspecified atom stereocenters. The Balaban J connectivity index is 1.98. The van der Waals surface area contributed by atoms with Crippen LogP contribution in [0.25, 0.3) is 0 Å². The molecule has 1 aromatic heterocycles. The van der Waals surface area contributed by atoms with Gasteiger partial charge in [-0.3, -0.25) is 0 Å². The SMILES string of the molecule is Cc1ccnc(OCC2CCCC2(C)C(C)C)c1. The van der Waals surface area contributed by atoms with E-state index in [1.807, 2.05) is 18.3 Å². The highest BCUT2D eigenvalue weighted by atomic mass is 16.5. The Morgan fingerprint density at radius 3 is 2.94 bits per heavy atom. The van der Waals surface area contributed by atoms with Crippen LogP contribution < -0.4 is 4.74 Å². The predicted octanol–water partition coefficient (Wildman–Crippen LogP) is 4.23. The first-order valence-electron chi connectivity index (χ1n) is 7.08. The zero-order valence-electron chi connectivity index (χ0n) is 12.1. The van der Waals surface area contributed by atoms with Crippen LogP contribution in [-0.2, 0) is 0 Å². The summed E-state index contributed by atoms with van der Waals surface area (Å²) >= 11 is 0. The van der Waals surface area contributed by atoms with Crippen molar-refractivity contribution in [3.05, 3.63) is 23.9 Å². The minimum Gasteiger partial charge on any atom is -0.477 e. The molecule has 1 saturated carbocycles. The van der Waals surface area contributed by atoms with Gasteiger partial charge in [-0.15, -0.1) is 0 Å². The van der Waals surface area contributed by atoms with Crippen LogP contribution in [0.1, 0.15) is 45.6 Å². The molecule has 2 rings (SSSR count). The summed E-state index contributed by atoms with van der Waals surface area (Å²) in [5.41, 5.74) is 1.64. The number of ether oxygens (including phenoxy) is 1. The Morgan fingerprint density at radius 1 is 1.50 bits per heavy atom. The Bertz CT molecular complexity index is 402. The van der Waals surface area contributed by atoms with Gasteiger partial charge in [0.2, 0.25) is 5.88 Å². The van der Waals surface area contributed by atoms with E-state index in [9.17, 15) is 0 Å². The van der Waals surface area contributed by atoms with Crippen LogP contribution in [0, 0.1) is 24.2 Å². The molecular weight excluding hydrogens is 222 g/mol. The second-order valence-electron chi connectivity index (χ2n) is 6.23. The van der Waals surface area contributed by atoms with Gasteiger partial charge in [0.1, 0.15) is 0 Å². The van der Waals surface area contributed by atoms with E-state index in [4.69, 9.17) is 4.74 Å². The summed E-state index contributed by atoms with van der Waals surface area (Å²) in [5, 5.41) is 0. The summed E-state index contributed by atoms with van der Waals surface area (Å²) in [5.74, 6) is 2.16. The molecule has 0 amide bonds. The van der Waals surface area contributed by atoms with Crippen LogP contribution in [0.2, 0.25) is 0 Å². The predicted molar refractivity (Wildman–Crippen MR) is 74.8 cm³/mol. The van der Waals surface area contributed by atoms with Crippen LogP contribution in [0.5, 0.6) is 5.88 Å². The van der Waals surface area contributed by atoms with Crippen molar-refractivity contribution in [2.45, 2.75) is 47.0 Å². The van der Waals surface area contributed by atoms with Crippen molar-refractivity contribution in [2.24, 2.45) is 17.3 Å². The van der Waals surface area contributed by atoms with Crippen LogP contribution in [0.4, 0.5) is 0 Å². The molecule has 1 fully saturated rings. The molecule has 0 N–H and O–H groups in total. The first kappa shape index (κ1) is 13.4. The van der Waals surface area contributed by atoms with Crippen molar-refractivity contribution < 1.29 is 4.74 Å². The number of pyridine rings is 1. The summed E-state index contributed by atoms with van der Waals surface area (Å²) < 4.78 is 5.91. The molecule has 2 atom stereocenters. The third kappa shape index (κ3) is 2.68. The van der Waals surface area contributed by atoms with E-state index >= 15 is 0 Å². The molecule has 0 saturated heterocycles. The Kier molecular flexibility index (Phi) is 3.94. The topological polar surface area (TPSA) is 22.1 Å². The number of hydrogen-bond acceptors (Lipinski definition) is 2. The zero-order valence-corrected chi connectivity index (χ0v) is 12.1. The maximum Gasteiger partial charge on any atom is 0.213 e. The number of hydrogen-bond donors (Lipinski definition) is 0. The molecule has 2 nitrogen and oxygen atoms in total. The monoisotopic (exact) mass is 247 g/mol. The minimum atomic E-state index is 0.434. The maximum atomic E-state index is 5.91. The maximum absolute atomic E-state index is 5.91. The number of aryl methyl sites for hydroxylation is 1. The largest absolute Gasteiger partial charge is 0.477 e. The van der Waals surface area contributed by atoms with Crippen molar-refractivity contribution in [2.75, 3.05) is 6.61 Å². The molecule has 1 heterocycles. The average Bonchev–Trinajstić information content (AvgIpc) is 2.70. The Morgan fingerprint density at radius 2 is 2.28 bits per heavy atom. The summed E-state index contributed by atoms with van der Waals surface area (Å²) in [6, 6.07) is 4.02. The lowest BCUT2D eigenvalue weighted by Crippen LogP contribution is -2.31. The van der Waals surface area contributed by atoms with Crippen LogP contribution in [-0.4, -0.2) is 11.6 Å². The van der Waals surface area contributed by atoms with E-state index in [-0.39, 0.29) is 0 Å². The fourth-order valence-corrected chi connectivity index (χ4v) is 3.07. The highest BCUT2D eigenvalue weighted by Gasteiger charge is 2.41. The number of aromatic nitrogens is 1. The summed E-state index contributed by atoms with van der Waals surface area (Å²) in [7, 11) is 0. The van der Waals surface area contributed by atoms with Gasteiger partial charge in [-0.25, -0.2) is 4.98 Å². The first-order chi connectivity index (χ1) is 8.52. The van der Waals surface area contributed by atoms with Crippen molar-refractivity contribution in [1.29, 1.82) is 0 Å². The highest BCUT2D eigenvalue weighted by molar-refractivity contribution is 5.18. The molecule has 1 aliphatic carbocycles. The third-order valence-electron chi connectivity index (χ3n) is 4.84. The molecule has 0 aromatic carbocycles. The molecule has 18 heavy (non-hydrogen) atoms.